The fourth-order valence-corrected chi connectivity index (χ4v) is 0. The normalized spacial score (nSPS) is 9.40. The van der Waals surface area contributed by atoms with Gasteiger partial charge in [0.2, 0.25) is 0 Å². The van der Waals surface area contributed by atoms with E-state index in [0.29, 0.717) is 0 Å². The summed E-state index contributed by atoms with van der Waals surface area (Å²) in [6, 6.07) is 0. The maximum Gasteiger partial charge on any atom is 2.00 e. The zero-order chi connectivity index (χ0) is 8.08. The number of hydrogen-bond donors (Lipinski definition) is 0. The molecule has 0 bridgehead atoms. The zero-order valence-corrected chi connectivity index (χ0v) is 7.41. The fourth-order valence-electron chi connectivity index (χ4n) is 0. The largest absolute Gasteiger partial charge is 2.00 e. The Morgan fingerprint density at radius 3 is 1.10 bits per heavy atom. The molecule has 0 aromatic carbocycles. The smallest absolute Gasteiger partial charge is 0.759 e. The van der Waals surface area contributed by atoms with E-state index >= 15 is 0 Å². The average molecular weight is 205 g/mol. The molecule has 0 rings (SSSR count). The van der Waals surface area contributed by atoms with E-state index in [9.17, 15) is 13.2 Å². The first-order chi connectivity index (χ1) is 3.73. The molecule has 0 aliphatic rings. The summed E-state index contributed by atoms with van der Waals surface area (Å²) < 4.78 is 62.8. The Balaban J connectivity index is -0.0000000910. The molecular formula is CCaF3O4S-. The predicted molar refractivity (Wildman–Crippen MR) is 22.8 cm³/mol. The van der Waals surface area contributed by atoms with Gasteiger partial charge in [0.25, 0.3) is 0 Å². The molecule has 4 nitrogen and oxygen atoms in total. The summed E-state index contributed by atoms with van der Waals surface area (Å²) in [6.45, 7) is -3.08. The van der Waals surface area contributed by atoms with Gasteiger partial charge in [-0.2, -0.15) is 0 Å². The van der Waals surface area contributed by atoms with Crippen LogP contribution in [0.1, 0.15) is 0 Å². The minimum atomic E-state index is -5.17. The second-order valence-corrected chi connectivity index (χ2v) is 1.44. The molecule has 58 valence electrons. The van der Waals surface area contributed by atoms with E-state index in [1.165, 1.54) is 0 Å². The number of halogens is 3. The molecule has 0 aromatic rings. The molecule has 0 saturated heterocycles. The van der Waals surface area contributed by atoms with Crippen molar-refractivity contribution in [2.45, 2.75) is 0 Å². The second kappa shape index (κ2) is 8.02. The van der Waals surface area contributed by atoms with Crippen LogP contribution in [0.4, 0.5) is 13.2 Å². The first kappa shape index (κ1) is 17.1. The topological polar surface area (TPSA) is 80.3 Å². The summed E-state index contributed by atoms with van der Waals surface area (Å²) in [5.74, 6) is 0. The minimum absolute atomic E-state index is 0. The van der Waals surface area contributed by atoms with E-state index in [2.05, 4.69) is 0 Å². The fraction of sp³-hybridized carbons (Fsp3) is 0. The first-order valence-corrected chi connectivity index (χ1v) is 2.57. The van der Waals surface area contributed by atoms with Crippen molar-refractivity contribution in [2.75, 3.05) is 0 Å². The number of hydrogen-bond acceptors (Lipinski definition) is 4. The molecule has 0 aromatic heterocycles. The van der Waals surface area contributed by atoms with Crippen LogP contribution in [0, 0.1) is 6.68 Å². The van der Waals surface area contributed by atoms with E-state index in [1.54, 1.807) is 0 Å². The Morgan fingerprint density at radius 1 is 1.10 bits per heavy atom. The van der Waals surface area contributed by atoms with Crippen molar-refractivity contribution < 1.29 is 30.7 Å². The van der Waals surface area contributed by atoms with E-state index in [4.69, 9.17) is 17.5 Å². The molecule has 0 saturated carbocycles. The second-order valence-electron chi connectivity index (χ2n) is 0.623. The van der Waals surface area contributed by atoms with Crippen LogP contribution < -0.4 is 0 Å². The van der Waals surface area contributed by atoms with E-state index in [1.807, 2.05) is 0 Å². The van der Waals surface area contributed by atoms with Crippen molar-refractivity contribution in [3.8, 4) is 0 Å². The standard InChI is InChI=1S/CF3.Ca.H2O4S/c2-1(3)4;;1-5(2,3)4/h;;(H2,1,2,3,4)/q-1;+2;/p-2. The van der Waals surface area contributed by atoms with Crippen LogP contribution in [0.2, 0.25) is 0 Å². The van der Waals surface area contributed by atoms with Crippen LogP contribution in [0.3, 0.4) is 0 Å². The molecule has 9 heteroatoms. The molecule has 0 radical (unpaired) electrons. The molecule has 10 heavy (non-hydrogen) atoms. The van der Waals surface area contributed by atoms with Crippen LogP contribution in [0.25, 0.3) is 0 Å². The van der Waals surface area contributed by atoms with Crippen LogP contribution in [0.5, 0.6) is 0 Å². The third-order valence-corrected chi connectivity index (χ3v) is 0. The molecule has 0 spiro atoms. The van der Waals surface area contributed by atoms with Crippen molar-refractivity contribution in [2.24, 2.45) is 0 Å². The Kier molecular flexibility index (Phi) is 13.7. The Hall–Kier alpha value is 0.920. The third kappa shape index (κ3) is 661. The first-order valence-electron chi connectivity index (χ1n) is 1.23. The average Bonchev–Trinajstić information content (AvgIpc) is 1.19. The van der Waals surface area contributed by atoms with Crippen LogP contribution in [-0.4, -0.2) is 55.3 Å². The van der Waals surface area contributed by atoms with Crippen LogP contribution in [0.15, 0.2) is 0 Å². The van der Waals surface area contributed by atoms with Crippen molar-refractivity contribution in [1.29, 1.82) is 0 Å². The maximum absolute atomic E-state index is 9.58. The van der Waals surface area contributed by atoms with Crippen molar-refractivity contribution in [3.63, 3.8) is 0 Å². The molecule has 0 aliphatic carbocycles. The van der Waals surface area contributed by atoms with E-state index in [0.717, 1.165) is 0 Å². The van der Waals surface area contributed by atoms with Gasteiger partial charge in [-0.05, 0) is 0 Å². The van der Waals surface area contributed by atoms with Gasteiger partial charge >= 0.3 is 37.7 Å². The molecule has 0 N–H and O–H groups in total. The Bertz CT molecular complexity index is 132. The minimum Gasteiger partial charge on any atom is -0.759 e. The monoisotopic (exact) mass is 205 g/mol. The summed E-state index contributed by atoms with van der Waals surface area (Å²) in [5, 5.41) is 0. The maximum atomic E-state index is 9.58. The van der Waals surface area contributed by atoms with Gasteiger partial charge in [-0.15, -0.1) is 0 Å². The van der Waals surface area contributed by atoms with Gasteiger partial charge in [0.15, 0.2) is 6.68 Å². The SMILES string of the molecule is F[C-](F)F.O=S(=O)([O-])[O-].[Ca+2]. The van der Waals surface area contributed by atoms with E-state index in [-0.39, 0.29) is 37.7 Å². The van der Waals surface area contributed by atoms with Gasteiger partial charge in [0.1, 0.15) is 0 Å². The molecule has 0 amide bonds. The predicted octanol–water partition coefficient (Wildman–Crippen LogP) is -0.377. The molecule has 0 atom stereocenters. The third-order valence-electron chi connectivity index (χ3n) is 0. The molecule has 0 heterocycles. The summed E-state index contributed by atoms with van der Waals surface area (Å²) in [4.78, 5) is 0. The van der Waals surface area contributed by atoms with Crippen molar-refractivity contribution in [1.82, 2.24) is 0 Å². The summed E-state index contributed by atoms with van der Waals surface area (Å²) in [7, 11) is -5.17. The quantitative estimate of drug-likeness (QED) is 0.234. The Labute approximate surface area is 85.0 Å². The van der Waals surface area contributed by atoms with Gasteiger partial charge in [0.05, 0.1) is 0 Å². The molecule has 0 aliphatic heterocycles. The molecule has 0 unspecified atom stereocenters. The summed E-state index contributed by atoms with van der Waals surface area (Å²) >= 11 is 0. The van der Waals surface area contributed by atoms with Gasteiger partial charge in [0, 0.05) is 10.4 Å². The van der Waals surface area contributed by atoms with Gasteiger partial charge in [-0.3, -0.25) is 8.42 Å². The van der Waals surface area contributed by atoms with Gasteiger partial charge in [-0.1, -0.05) is 0 Å². The molecule has 0 fully saturated rings. The Morgan fingerprint density at radius 2 is 1.10 bits per heavy atom. The summed E-state index contributed by atoms with van der Waals surface area (Å²) in [5.41, 5.74) is 0. The molecular weight excluding hydrogens is 205 g/mol. The summed E-state index contributed by atoms with van der Waals surface area (Å²) in [6.07, 6.45) is 0. The van der Waals surface area contributed by atoms with Crippen molar-refractivity contribution >= 4 is 48.1 Å². The van der Waals surface area contributed by atoms with E-state index < -0.39 is 17.1 Å². The van der Waals surface area contributed by atoms with Gasteiger partial charge < -0.3 is 22.3 Å². The number of rotatable bonds is 0. The van der Waals surface area contributed by atoms with Crippen LogP contribution in [-0.2, 0) is 10.4 Å². The van der Waals surface area contributed by atoms with Crippen molar-refractivity contribution in [3.05, 3.63) is 6.68 Å². The van der Waals surface area contributed by atoms with Crippen LogP contribution >= 0.6 is 0 Å². The zero-order valence-electron chi connectivity index (χ0n) is 4.38. The van der Waals surface area contributed by atoms with Gasteiger partial charge in [-0.25, -0.2) is 0 Å².